The van der Waals surface area contributed by atoms with Gasteiger partial charge < -0.3 is 4.90 Å². The Kier molecular flexibility index (Phi) is 3.93. The molecule has 1 aliphatic rings. The molecular weight excluding hydrogens is 237 g/mol. The van der Waals surface area contributed by atoms with Crippen molar-refractivity contribution in [1.29, 1.82) is 0 Å². The number of alkyl halides is 1. The van der Waals surface area contributed by atoms with Crippen LogP contribution in [0.4, 0.5) is 10.1 Å². The van der Waals surface area contributed by atoms with Crippen LogP contribution in [0.2, 0.25) is 0 Å². The average Bonchev–Trinajstić information content (AvgIpc) is 2.77. The number of hydrogen-bond acceptors (Lipinski definition) is 1. The van der Waals surface area contributed by atoms with Crippen molar-refractivity contribution < 1.29 is 4.39 Å². The molecule has 17 heavy (non-hydrogen) atoms. The molecule has 1 saturated heterocycles. The van der Waals surface area contributed by atoms with Gasteiger partial charge in [0, 0.05) is 24.7 Å². The Morgan fingerprint density at radius 2 is 2.18 bits per heavy atom. The third-order valence-electron chi connectivity index (χ3n) is 3.63. The maximum atomic E-state index is 13.4. The second-order valence-electron chi connectivity index (χ2n) is 5.19. The molecule has 0 spiro atoms. The first-order valence-corrected chi connectivity index (χ1v) is 6.74. The number of nitrogens with zero attached hydrogens (tertiary/aromatic N) is 1. The van der Waals surface area contributed by atoms with E-state index in [9.17, 15) is 4.39 Å². The highest BCUT2D eigenvalue weighted by atomic mass is 35.5. The maximum Gasteiger partial charge on any atom is 0.125 e. The molecular formula is C14H19ClFN. The predicted octanol–water partition coefficient (Wildman–Crippen LogP) is 4.05. The summed E-state index contributed by atoms with van der Waals surface area (Å²) in [7, 11) is 0. The zero-order valence-electron chi connectivity index (χ0n) is 10.4. The van der Waals surface area contributed by atoms with Crippen molar-refractivity contribution in [1.82, 2.24) is 0 Å². The molecule has 94 valence electrons. The van der Waals surface area contributed by atoms with Crippen LogP contribution in [0.5, 0.6) is 0 Å². The highest BCUT2D eigenvalue weighted by Crippen LogP contribution is 2.29. The highest BCUT2D eigenvalue weighted by Gasteiger charge is 2.25. The van der Waals surface area contributed by atoms with E-state index < -0.39 is 0 Å². The second-order valence-corrected chi connectivity index (χ2v) is 5.46. The fourth-order valence-electron chi connectivity index (χ4n) is 2.46. The minimum Gasteiger partial charge on any atom is -0.371 e. The van der Waals surface area contributed by atoms with Gasteiger partial charge in [-0.15, -0.1) is 11.6 Å². The van der Waals surface area contributed by atoms with Gasteiger partial charge in [0.05, 0.1) is 0 Å². The number of anilines is 1. The van der Waals surface area contributed by atoms with Gasteiger partial charge in [0.1, 0.15) is 5.82 Å². The van der Waals surface area contributed by atoms with Crippen LogP contribution in [0.3, 0.4) is 0 Å². The highest BCUT2D eigenvalue weighted by molar-refractivity contribution is 6.17. The molecule has 1 aromatic carbocycles. The lowest BCUT2D eigenvalue weighted by Gasteiger charge is -2.20. The van der Waals surface area contributed by atoms with Gasteiger partial charge in [-0.25, -0.2) is 4.39 Å². The van der Waals surface area contributed by atoms with Gasteiger partial charge in [0.2, 0.25) is 0 Å². The average molecular weight is 256 g/mol. The van der Waals surface area contributed by atoms with Gasteiger partial charge in [-0.1, -0.05) is 13.8 Å². The SMILES string of the molecule is CC(C)C1CCN(c2cc(F)cc(CCl)c2)C1. The molecule has 1 fully saturated rings. The van der Waals surface area contributed by atoms with Crippen molar-refractivity contribution >= 4 is 17.3 Å². The summed E-state index contributed by atoms with van der Waals surface area (Å²) in [6, 6.07) is 5.12. The summed E-state index contributed by atoms with van der Waals surface area (Å²) in [6.07, 6.45) is 1.20. The second kappa shape index (κ2) is 5.26. The van der Waals surface area contributed by atoms with Gasteiger partial charge in [0.25, 0.3) is 0 Å². The van der Waals surface area contributed by atoms with Gasteiger partial charge >= 0.3 is 0 Å². The Hall–Kier alpha value is -0.760. The van der Waals surface area contributed by atoms with Crippen LogP contribution in [0.1, 0.15) is 25.8 Å². The summed E-state index contributed by atoms with van der Waals surface area (Å²) in [5, 5.41) is 0. The monoisotopic (exact) mass is 255 g/mol. The number of halogens is 2. The predicted molar refractivity (Wildman–Crippen MR) is 71.1 cm³/mol. The molecule has 0 aromatic heterocycles. The lowest BCUT2D eigenvalue weighted by molar-refractivity contribution is 0.422. The van der Waals surface area contributed by atoms with Crippen LogP contribution in [-0.2, 0) is 5.88 Å². The zero-order valence-corrected chi connectivity index (χ0v) is 11.2. The van der Waals surface area contributed by atoms with Crippen molar-refractivity contribution in [2.45, 2.75) is 26.1 Å². The summed E-state index contributed by atoms with van der Waals surface area (Å²) in [6.45, 7) is 6.56. The molecule has 0 radical (unpaired) electrons. The topological polar surface area (TPSA) is 3.24 Å². The Morgan fingerprint density at radius 1 is 1.41 bits per heavy atom. The number of rotatable bonds is 3. The van der Waals surface area contributed by atoms with Crippen molar-refractivity contribution in [3.05, 3.63) is 29.6 Å². The molecule has 1 nitrogen and oxygen atoms in total. The molecule has 3 heteroatoms. The van der Waals surface area contributed by atoms with Crippen LogP contribution >= 0.6 is 11.6 Å². The Bertz CT molecular complexity index is 392. The fraction of sp³-hybridized carbons (Fsp3) is 0.571. The van der Waals surface area contributed by atoms with E-state index in [0.717, 1.165) is 30.3 Å². The van der Waals surface area contributed by atoms with Crippen LogP contribution in [0, 0.1) is 17.7 Å². The van der Waals surface area contributed by atoms with E-state index >= 15 is 0 Å². The molecule has 1 atom stereocenters. The van der Waals surface area contributed by atoms with E-state index in [1.165, 1.54) is 12.5 Å². The fourth-order valence-corrected chi connectivity index (χ4v) is 2.61. The molecule has 0 aliphatic carbocycles. The third kappa shape index (κ3) is 2.92. The molecule has 1 unspecified atom stereocenters. The van der Waals surface area contributed by atoms with Crippen LogP contribution in [0.25, 0.3) is 0 Å². The zero-order chi connectivity index (χ0) is 12.4. The van der Waals surface area contributed by atoms with Gasteiger partial charge in [0.15, 0.2) is 0 Å². The molecule has 1 aliphatic heterocycles. The quantitative estimate of drug-likeness (QED) is 0.737. The van der Waals surface area contributed by atoms with Crippen LogP contribution < -0.4 is 4.90 Å². The lowest BCUT2D eigenvalue weighted by atomic mass is 9.95. The van der Waals surface area contributed by atoms with Crippen LogP contribution in [-0.4, -0.2) is 13.1 Å². The molecule has 0 bridgehead atoms. The van der Waals surface area contributed by atoms with Gasteiger partial charge in [-0.2, -0.15) is 0 Å². The summed E-state index contributed by atoms with van der Waals surface area (Å²) < 4.78 is 13.4. The van der Waals surface area contributed by atoms with Crippen molar-refractivity contribution in [3.63, 3.8) is 0 Å². The minimum absolute atomic E-state index is 0.189. The van der Waals surface area contributed by atoms with Crippen molar-refractivity contribution in [2.24, 2.45) is 11.8 Å². The Labute approximate surface area is 108 Å². The Morgan fingerprint density at radius 3 is 2.76 bits per heavy atom. The van der Waals surface area contributed by atoms with Crippen molar-refractivity contribution in [2.75, 3.05) is 18.0 Å². The summed E-state index contributed by atoms with van der Waals surface area (Å²) in [4.78, 5) is 2.27. The normalized spacial score (nSPS) is 20.3. The van der Waals surface area contributed by atoms with E-state index in [1.54, 1.807) is 6.07 Å². The lowest BCUT2D eigenvalue weighted by Crippen LogP contribution is -2.21. The molecule has 1 heterocycles. The molecule has 2 rings (SSSR count). The van der Waals surface area contributed by atoms with E-state index in [0.29, 0.717) is 11.8 Å². The largest absolute Gasteiger partial charge is 0.371 e. The first kappa shape index (κ1) is 12.7. The first-order valence-electron chi connectivity index (χ1n) is 6.20. The van der Waals surface area contributed by atoms with E-state index in [1.807, 2.05) is 6.07 Å². The molecule has 0 saturated carbocycles. The number of hydrogen-bond donors (Lipinski definition) is 0. The van der Waals surface area contributed by atoms with Crippen molar-refractivity contribution in [3.8, 4) is 0 Å². The number of benzene rings is 1. The summed E-state index contributed by atoms with van der Waals surface area (Å²) in [5.41, 5.74) is 1.83. The summed E-state index contributed by atoms with van der Waals surface area (Å²) >= 11 is 5.77. The first-order chi connectivity index (χ1) is 8.10. The van der Waals surface area contributed by atoms with E-state index in [4.69, 9.17) is 11.6 Å². The van der Waals surface area contributed by atoms with Crippen LogP contribution in [0.15, 0.2) is 18.2 Å². The van der Waals surface area contributed by atoms with Gasteiger partial charge in [-0.05, 0) is 42.0 Å². The van der Waals surface area contributed by atoms with E-state index in [2.05, 4.69) is 18.7 Å². The maximum absolute atomic E-state index is 13.4. The molecule has 1 aromatic rings. The molecule has 0 amide bonds. The molecule has 0 N–H and O–H groups in total. The van der Waals surface area contributed by atoms with E-state index in [-0.39, 0.29) is 5.82 Å². The smallest absolute Gasteiger partial charge is 0.125 e. The standard InChI is InChI=1S/C14H19ClFN/c1-10(2)12-3-4-17(9-12)14-6-11(8-15)5-13(16)7-14/h5-7,10,12H,3-4,8-9H2,1-2H3. The minimum atomic E-state index is -0.189. The Balaban J connectivity index is 2.15. The summed E-state index contributed by atoms with van der Waals surface area (Å²) in [5.74, 6) is 1.59. The van der Waals surface area contributed by atoms with Gasteiger partial charge in [-0.3, -0.25) is 0 Å². The third-order valence-corrected chi connectivity index (χ3v) is 3.94.